The minimum atomic E-state index is -3.04. The smallest absolute Gasteiger partial charge is 0.330 e. The predicted molar refractivity (Wildman–Crippen MR) is 189 cm³/mol. The minimum Gasteiger partial charge on any atom is -0.363 e. The Morgan fingerprint density at radius 2 is 1.29 bits per heavy atom. The summed E-state index contributed by atoms with van der Waals surface area (Å²) in [6.45, 7) is 6.89. The third-order valence-corrected chi connectivity index (χ3v) is 9.75. The van der Waals surface area contributed by atoms with E-state index in [2.05, 4.69) is 143 Å². The largest absolute Gasteiger partial charge is 0.363 e. The molecule has 0 aliphatic rings. The Morgan fingerprint density at radius 1 is 0.711 bits per heavy atom. The molecule has 234 valence electrons. The lowest BCUT2D eigenvalue weighted by Gasteiger charge is -2.25. The number of benzene rings is 4. The van der Waals surface area contributed by atoms with Crippen LogP contribution in [0.2, 0.25) is 0 Å². The molecule has 5 aromatic rings. The summed E-state index contributed by atoms with van der Waals surface area (Å²) < 4.78 is 26.1. The van der Waals surface area contributed by atoms with Crippen molar-refractivity contribution in [1.29, 1.82) is 0 Å². The Morgan fingerprint density at radius 3 is 1.89 bits per heavy atom. The van der Waals surface area contributed by atoms with E-state index in [1.165, 1.54) is 22.2 Å². The van der Waals surface area contributed by atoms with Crippen molar-refractivity contribution < 1.29 is 18.2 Å². The first-order valence-corrected chi connectivity index (χ1v) is 17.2. The van der Waals surface area contributed by atoms with E-state index < -0.39 is 7.60 Å². The number of hydrogen-bond acceptors (Lipinski definition) is 4. The first kappa shape index (κ1) is 33.9. The number of hydrogen-bond donors (Lipinski definition) is 0. The third kappa shape index (κ3) is 9.48. The van der Waals surface area contributed by atoms with Gasteiger partial charge >= 0.3 is 7.60 Å². The molecular formula is C39H45N2O3P. The molecule has 5 rings (SSSR count). The Balaban J connectivity index is 0.00000461. The number of anilines is 1. The molecule has 0 saturated carbocycles. The van der Waals surface area contributed by atoms with E-state index in [1.807, 2.05) is 13.8 Å². The Kier molecular flexibility index (Phi) is 12.7. The number of para-hydroxylation sites is 1. The van der Waals surface area contributed by atoms with Gasteiger partial charge in [0.1, 0.15) is 6.54 Å². The molecule has 5 nitrogen and oxygen atoms in total. The molecule has 0 amide bonds. The van der Waals surface area contributed by atoms with Gasteiger partial charge in [-0.05, 0) is 54.3 Å². The van der Waals surface area contributed by atoms with Crippen LogP contribution in [0.1, 0.15) is 42.5 Å². The maximum absolute atomic E-state index is 12.9. The molecule has 0 bridgehead atoms. The highest BCUT2D eigenvalue weighted by atomic mass is 31.2. The number of nitrogens with zero attached hydrogens (tertiary/aromatic N) is 2. The second kappa shape index (κ2) is 16.9. The molecule has 6 heteroatoms. The van der Waals surface area contributed by atoms with Gasteiger partial charge in [-0.15, -0.1) is 0 Å². The van der Waals surface area contributed by atoms with Crippen LogP contribution in [0.25, 0.3) is 23.1 Å². The maximum atomic E-state index is 12.9. The molecule has 0 saturated heterocycles. The second-order valence-electron chi connectivity index (χ2n) is 10.8. The number of aryl methyl sites for hydroxylation is 1. The van der Waals surface area contributed by atoms with Gasteiger partial charge in [-0.1, -0.05) is 97.1 Å². The van der Waals surface area contributed by atoms with Crippen molar-refractivity contribution in [3.63, 3.8) is 0 Å². The molecular weight excluding hydrogens is 575 g/mol. The molecule has 1 aromatic heterocycles. The van der Waals surface area contributed by atoms with E-state index in [1.54, 1.807) is 0 Å². The molecule has 0 spiro atoms. The van der Waals surface area contributed by atoms with E-state index >= 15 is 0 Å². The van der Waals surface area contributed by atoms with Crippen LogP contribution in [0.4, 0.5) is 5.69 Å². The summed E-state index contributed by atoms with van der Waals surface area (Å²) >= 11 is 0. The van der Waals surface area contributed by atoms with Crippen LogP contribution in [0, 0.1) is 7.43 Å². The van der Waals surface area contributed by atoms with E-state index in [-0.39, 0.29) is 7.43 Å². The van der Waals surface area contributed by atoms with Gasteiger partial charge < -0.3 is 21.4 Å². The van der Waals surface area contributed by atoms with Crippen LogP contribution in [0.5, 0.6) is 0 Å². The number of fused-ring (bicyclic) bond motifs is 1. The first-order chi connectivity index (χ1) is 21.6. The fourth-order valence-corrected chi connectivity index (χ4v) is 7.12. The molecule has 1 heterocycles. The standard InChI is InChI=1S/C38H42N2O3P.CH3/c1-3-42-44(41,43-4-2)29-13-27-39-28-26-35(37-18-11-12-19-38(37)39)23-20-32-21-24-36(25-22-32)40(30-33-14-7-5-8-15-33)31-34-16-9-6-10-17-34;/h5-12,14-26,28H,3-4,13,27,29-31H2,1-2H3;1H3/q+1;-1. The van der Waals surface area contributed by atoms with E-state index in [0.717, 1.165) is 36.3 Å². The summed E-state index contributed by atoms with van der Waals surface area (Å²) in [5.41, 5.74) is 7.22. The number of pyridine rings is 1. The number of aromatic nitrogens is 1. The zero-order valence-corrected chi connectivity index (χ0v) is 27.6. The summed E-state index contributed by atoms with van der Waals surface area (Å²) in [5.74, 6) is 0. The zero-order chi connectivity index (χ0) is 30.6. The highest BCUT2D eigenvalue weighted by Gasteiger charge is 2.24. The molecule has 4 aromatic carbocycles. The van der Waals surface area contributed by atoms with Crippen molar-refractivity contribution >= 4 is 36.3 Å². The zero-order valence-electron chi connectivity index (χ0n) is 26.7. The average Bonchev–Trinajstić information content (AvgIpc) is 3.05. The summed E-state index contributed by atoms with van der Waals surface area (Å²) in [6, 6.07) is 40.7. The lowest BCUT2D eigenvalue weighted by molar-refractivity contribution is -0.671. The summed E-state index contributed by atoms with van der Waals surface area (Å²) in [6.07, 6.45) is 7.59. The van der Waals surface area contributed by atoms with Gasteiger partial charge in [0, 0.05) is 37.3 Å². The topological polar surface area (TPSA) is 42.7 Å². The van der Waals surface area contributed by atoms with Crippen molar-refractivity contribution in [2.24, 2.45) is 0 Å². The quantitative estimate of drug-likeness (QED) is 0.0664. The molecule has 0 atom stereocenters. The summed E-state index contributed by atoms with van der Waals surface area (Å²) in [4.78, 5) is 2.42. The Bertz CT molecular complexity index is 1640. The maximum Gasteiger partial charge on any atom is 0.330 e. The van der Waals surface area contributed by atoms with Crippen LogP contribution in [-0.2, 0) is 33.2 Å². The second-order valence-corrected chi connectivity index (χ2v) is 12.9. The van der Waals surface area contributed by atoms with Gasteiger partial charge in [0.05, 0.1) is 24.8 Å². The van der Waals surface area contributed by atoms with Crippen molar-refractivity contribution in [2.45, 2.75) is 39.9 Å². The van der Waals surface area contributed by atoms with Gasteiger partial charge in [-0.3, -0.25) is 4.57 Å². The molecule has 0 fully saturated rings. The molecule has 0 unspecified atom stereocenters. The van der Waals surface area contributed by atoms with Crippen molar-refractivity contribution in [2.75, 3.05) is 24.3 Å². The van der Waals surface area contributed by atoms with Crippen LogP contribution in [0.15, 0.2) is 121 Å². The molecule has 45 heavy (non-hydrogen) atoms. The van der Waals surface area contributed by atoms with Crippen molar-refractivity contribution in [3.05, 3.63) is 151 Å². The fraction of sp³-hybridized carbons (Fsp3) is 0.231. The Labute approximate surface area is 269 Å². The number of rotatable bonds is 15. The summed E-state index contributed by atoms with van der Waals surface area (Å²) in [7, 11) is -3.04. The third-order valence-electron chi connectivity index (χ3n) is 7.59. The normalized spacial score (nSPS) is 11.5. The molecule has 0 radical (unpaired) electrons. The van der Waals surface area contributed by atoms with Crippen molar-refractivity contribution in [3.8, 4) is 0 Å². The fourth-order valence-electron chi connectivity index (χ4n) is 5.47. The van der Waals surface area contributed by atoms with Crippen LogP contribution in [-0.4, -0.2) is 19.4 Å². The lowest BCUT2D eigenvalue weighted by Crippen LogP contribution is -2.34. The van der Waals surface area contributed by atoms with E-state index in [0.29, 0.717) is 25.8 Å². The van der Waals surface area contributed by atoms with Gasteiger partial charge in [0.15, 0.2) is 6.20 Å². The van der Waals surface area contributed by atoms with Crippen LogP contribution in [0.3, 0.4) is 0 Å². The van der Waals surface area contributed by atoms with E-state index in [9.17, 15) is 4.57 Å². The van der Waals surface area contributed by atoms with Crippen LogP contribution >= 0.6 is 7.60 Å². The van der Waals surface area contributed by atoms with Gasteiger partial charge in [-0.25, -0.2) is 0 Å². The average molecular weight is 621 g/mol. The first-order valence-electron chi connectivity index (χ1n) is 15.5. The monoisotopic (exact) mass is 620 g/mol. The van der Waals surface area contributed by atoms with Crippen LogP contribution < -0.4 is 9.47 Å². The highest BCUT2D eigenvalue weighted by molar-refractivity contribution is 7.53. The van der Waals surface area contributed by atoms with Gasteiger partial charge in [-0.2, -0.15) is 4.57 Å². The predicted octanol–water partition coefficient (Wildman–Crippen LogP) is 9.61. The minimum absolute atomic E-state index is 0. The summed E-state index contributed by atoms with van der Waals surface area (Å²) in [5, 5.41) is 1.18. The molecule has 0 N–H and O–H groups in total. The molecule has 0 aliphatic carbocycles. The van der Waals surface area contributed by atoms with Crippen molar-refractivity contribution in [1.82, 2.24) is 0 Å². The molecule has 0 aliphatic heterocycles. The van der Waals surface area contributed by atoms with Gasteiger partial charge in [0.2, 0.25) is 5.52 Å². The highest BCUT2D eigenvalue weighted by Crippen LogP contribution is 2.48. The SMILES string of the molecule is CCOP(=O)(CCC[n+]1ccc(C=Cc2ccc(N(Cc3ccccc3)Cc3ccccc3)cc2)c2ccccc21)OCC.[CH3-]. The lowest BCUT2D eigenvalue weighted by atomic mass is 10.1. The Hall–Kier alpha value is -4.02. The van der Waals surface area contributed by atoms with Gasteiger partial charge in [0.25, 0.3) is 0 Å². The van der Waals surface area contributed by atoms with E-state index in [4.69, 9.17) is 9.05 Å².